The number of rotatable bonds is 8. The number of hydrogen-bond acceptors (Lipinski definition) is 6. The van der Waals surface area contributed by atoms with Gasteiger partial charge in [-0.05, 0) is 55.3 Å². The standard InChI is InChI=1S/C22H29N3O4S2/c1-24(2)21-12-11-19(31(27,28)25-13-5-4-6-14-25)15-20(21)23-22(26)16-30-18-9-7-17(29-3)8-10-18/h7-12,15H,4-6,13-14,16H2,1-3H3,(H,23,26). The van der Waals surface area contributed by atoms with E-state index in [-0.39, 0.29) is 16.6 Å². The van der Waals surface area contributed by atoms with E-state index in [4.69, 9.17) is 4.74 Å². The number of hydrogen-bond donors (Lipinski definition) is 1. The zero-order chi connectivity index (χ0) is 22.4. The van der Waals surface area contributed by atoms with Gasteiger partial charge >= 0.3 is 0 Å². The number of piperidine rings is 1. The summed E-state index contributed by atoms with van der Waals surface area (Å²) < 4.78 is 32.8. The molecule has 0 atom stereocenters. The van der Waals surface area contributed by atoms with Crippen molar-refractivity contribution < 1.29 is 17.9 Å². The average molecular weight is 464 g/mol. The Kier molecular flexibility index (Phi) is 7.85. The molecule has 1 heterocycles. The number of sulfonamides is 1. The van der Waals surface area contributed by atoms with Gasteiger partial charge in [-0.2, -0.15) is 4.31 Å². The predicted octanol–water partition coefficient (Wildman–Crippen LogP) is 3.67. The van der Waals surface area contributed by atoms with Crippen molar-refractivity contribution in [2.75, 3.05) is 50.3 Å². The molecule has 3 rings (SSSR count). The first kappa shape index (κ1) is 23.4. The maximum atomic E-state index is 13.1. The van der Waals surface area contributed by atoms with Gasteiger partial charge in [0.15, 0.2) is 0 Å². The minimum Gasteiger partial charge on any atom is -0.497 e. The highest BCUT2D eigenvalue weighted by atomic mass is 32.2. The van der Waals surface area contributed by atoms with Crippen LogP contribution in [0.3, 0.4) is 0 Å². The van der Waals surface area contributed by atoms with Crippen LogP contribution in [0, 0.1) is 0 Å². The SMILES string of the molecule is COc1ccc(SCC(=O)Nc2cc(S(=O)(=O)N3CCCCC3)ccc2N(C)C)cc1. The first-order valence-electron chi connectivity index (χ1n) is 10.2. The maximum absolute atomic E-state index is 13.1. The molecule has 0 radical (unpaired) electrons. The molecule has 0 spiro atoms. The number of thioether (sulfide) groups is 1. The Hall–Kier alpha value is -2.23. The van der Waals surface area contributed by atoms with Crippen molar-refractivity contribution in [1.29, 1.82) is 0 Å². The molecule has 1 fully saturated rings. The number of amides is 1. The zero-order valence-corrected chi connectivity index (χ0v) is 19.8. The lowest BCUT2D eigenvalue weighted by Gasteiger charge is -2.26. The van der Waals surface area contributed by atoms with Crippen LogP contribution >= 0.6 is 11.8 Å². The second-order valence-electron chi connectivity index (χ2n) is 7.55. The Balaban J connectivity index is 1.75. The van der Waals surface area contributed by atoms with Crippen LogP contribution < -0.4 is 15.0 Å². The number of ether oxygens (including phenoxy) is 1. The van der Waals surface area contributed by atoms with E-state index in [2.05, 4.69) is 5.32 Å². The number of carbonyl (C=O) groups is 1. The third-order valence-corrected chi connectivity index (χ3v) is 8.01. The molecule has 0 aliphatic carbocycles. The summed E-state index contributed by atoms with van der Waals surface area (Å²) in [5.41, 5.74) is 1.24. The van der Waals surface area contributed by atoms with Gasteiger partial charge in [0, 0.05) is 32.1 Å². The molecule has 1 aliphatic rings. The largest absolute Gasteiger partial charge is 0.497 e. The van der Waals surface area contributed by atoms with Gasteiger partial charge in [0.25, 0.3) is 0 Å². The molecule has 0 bridgehead atoms. The molecule has 7 nitrogen and oxygen atoms in total. The summed E-state index contributed by atoms with van der Waals surface area (Å²) in [5, 5.41) is 2.89. The van der Waals surface area contributed by atoms with Gasteiger partial charge in [-0.3, -0.25) is 4.79 Å². The monoisotopic (exact) mass is 463 g/mol. The lowest BCUT2D eigenvalue weighted by Crippen LogP contribution is -2.35. The summed E-state index contributed by atoms with van der Waals surface area (Å²) in [5.74, 6) is 0.773. The number of nitrogens with zero attached hydrogens (tertiary/aromatic N) is 2. The summed E-state index contributed by atoms with van der Waals surface area (Å²) in [6.07, 6.45) is 2.81. The molecule has 1 aliphatic heterocycles. The van der Waals surface area contributed by atoms with E-state index in [9.17, 15) is 13.2 Å². The molecule has 0 saturated carbocycles. The van der Waals surface area contributed by atoms with E-state index >= 15 is 0 Å². The van der Waals surface area contributed by atoms with E-state index < -0.39 is 10.0 Å². The van der Waals surface area contributed by atoms with E-state index in [1.54, 1.807) is 25.3 Å². The van der Waals surface area contributed by atoms with Crippen molar-refractivity contribution in [1.82, 2.24) is 4.31 Å². The average Bonchev–Trinajstić information content (AvgIpc) is 2.78. The van der Waals surface area contributed by atoms with Crippen LogP contribution in [-0.2, 0) is 14.8 Å². The molecule has 1 N–H and O–H groups in total. The number of carbonyl (C=O) groups excluding carboxylic acids is 1. The molecule has 31 heavy (non-hydrogen) atoms. The Labute approximate surface area is 188 Å². The molecule has 9 heteroatoms. The van der Waals surface area contributed by atoms with Crippen LogP contribution in [0.5, 0.6) is 5.75 Å². The van der Waals surface area contributed by atoms with Crippen molar-refractivity contribution in [2.24, 2.45) is 0 Å². The van der Waals surface area contributed by atoms with Crippen LogP contribution in [0.2, 0.25) is 0 Å². The predicted molar refractivity (Wildman–Crippen MR) is 126 cm³/mol. The van der Waals surface area contributed by atoms with Gasteiger partial charge in [-0.25, -0.2) is 8.42 Å². The Bertz CT molecular complexity index is 1000. The Morgan fingerprint density at radius 3 is 2.39 bits per heavy atom. The highest BCUT2D eigenvalue weighted by Gasteiger charge is 2.27. The zero-order valence-electron chi connectivity index (χ0n) is 18.1. The van der Waals surface area contributed by atoms with Gasteiger partial charge < -0.3 is 15.0 Å². The van der Waals surface area contributed by atoms with Crippen molar-refractivity contribution in [3.63, 3.8) is 0 Å². The van der Waals surface area contributed by atoms with Crippen molar-refractivity contribution in [3.8, 4) is 5.75 Å². The second-order valence-corrected chi connectivity index (χ2v) is 10.5. The molecule has 0 unspecified atom stereocenters. The summed E-state index contributed by atoms with van der Waals surface area (Å²) in [6, 6.07) is 12.4. The van der Waals surface area contributed by atoms with E-state index in [0.717, 1.165) is 35.6 Å². The maximum Gasteiger partial charge on any atom is 0.243 e. The van der Waals surface area contributed by atoms with Gasteiger partial charge in [0.05, 0.1) is 29.1 Å². The molecular weight excluding hydrogens is 434 g/mol. The fourth-order valence-electron chi connectivity index (χ4n) is 3.43. The highest BCUT2D eigenvalue weighted by Crippen LogP contribution is 2.30. The molecule has 1 saturated heterocycles. The first-order chi connectivity index (χ1) is 14.8. The van der Waals surface area contributed by atoms with Gasteiger partial charge in [-0.1, -0.05) is 6.42 Å². The fourth-order valence-corrected chi connectivity index (χ4v) is 5.67. The lowest BCUT2D eigenvalue weighted by molar-refractivity contribution is -0.113. The van der Waals surface area contributed by atoms with Crippen LogP contribution in [0.15, 0.2) is 52.3 Å². The van der Waals surface area contributed by atoms with E-state index in [1.165, 1.54) is 16.1 Å². The van der Waals surface area contributed by atoms with E-state index in [1.807, 2.05) is 43.3 Å². The number of methoxy groups -OCH3 is 1. The normalized spacial score (nSPS) is 14.8. The third kappa shape index (κ3) is 5.93. The smallest absolute Gasteiger partial charge is 0.243 e. The Morgan fingerprint density at radius 2 is 1.77 bits per heavy atom. The van der Waals surface area contributed by atoms with Gasteiger partial charge in [-0.15, -0.1) is 11.8 Å². The number of anilines is 2. The number of benzene rings is 2. The topological polar surface area (TPSA) is 78.9 Å². The number of nitrogens with one attached hydrogen (secondary N) is 1. The van der Waals surface area contributed by atoms with Crippen LogP contribution in [0.25, 0.3) is 0 Å². The lowest BCUT2D eigenvalue weighted by atomic mass is 10.2. The second kappa shape index (κ2) is 10.4. The van der Waals surface area contributed by atoms with Crippen molar-refractivity contribution in [2.45, 2.75) is 29.1 Å². The molecule has 168 valence electrons. The summed E-state index contributed by atoms with van der Waals surface area (Å²) in [7, 11) is 1.74. The van der Waals surface area contributed by atoms with Gasteiger partial charge in [0.1, 0.15) is 5.75 Å². The Morgan fingerprint density at radius 1 is 1.10 bits per heavy atom. The highest BCUT2D eigenvalue weighted by molar-refractivity contribution is 8.00. The summed E-state index contributed by atoms with van der Waals surface area (Å²) >= 11 is 1.41. The molecular formula is C22H29N3O4S2. The van der Waals surface area contributed by atoms with Gasteiger partial charge in [0.2, 0.25) is 15.9 Å². The van der Waals surface area contributed by atoms with Crippen LogP contribution in [-0.4, -0.2) is 58.7 Å². The first-order valence-corrected chi connectivity index (χ1v) is 12.6. The minimum absolute atomic E-state index is 0.198. The summed E-state index contributed by atoms with van der Waals surface area (Å²) in [6.45, 7) is 1.08. The minimum atomic E-state index is -3.58. The van der Waals surface area contributed by atoms with Crippen molar-refractivity contribution in [3.05, 3.63) is 42.5 Å². The van der Waals surface area contributed by atoms with E-state index in [0.29, 0.717) is 18.8 Å². The quantitative estimate of drug-likeness (QED) is 0.602. The third-order valence-electron chi connectivity index (χ3n) is 5.11. The van der Waals surface area contributed by atoms with Crippen LogP contribution in [0.1, 0.15) is 19.3 Å². The molecule has 2 aromatic carbocycles. The fraction of sp³-hybridized carbons (Fsp3) is 0.409. The molecule has 1 amide bonds. The molecule has 0 aromatic heterocycles. The van der Waals surface area contributed by atoms with Crippen LogP contribution in [0.4, 0.5) is 11.4 Å². The van der Waals surface area contributed by atoms with Crippen molar-refractivity contribution >= 4 is 39.1 Å². The molecule has 2 aromatic rings. The summed E-state index contributed by atoms with van der Waals surface area (Å²) in [4.78, 5) is 15.6.